The highest BCUT2D eigenvalue weighted by atomic mass is 79.9. The number of carbonyl (C=O) groups is 1. The predicted octanol–water partition coefficient (Wildman–Crippen LogP) is 5.48. The van der Waals surface area contributed by atoms with E-state index in [4.69, 9.17) is 14.2 Å². The molecule has 0 bridgehead atoms. The van der Waals surface area contributed by atoms with Gasteiger partial charge in [0.1, 0.15) is 11.9 Å². The van der Waals surface area contributed by atoms with Crippen LogP contribution < -0.4 is 14.4 Å². The first-order chi connectivity index (χ1) is 13.7. The maximum Gasteiger partial charge on any atom is 0.420 e. The number of rotatable bonds is 4. The number of nitrogens with zero attached hydrogens (tertiary/aromatic N) is 3. The fourth-order valence-electron chi connectivity index (χ4n) is 2.78. The Balaban J connectivity index is 2.24. The molecule has 0 aliphatic heterocycles. The van der Waals surface area contributed by atoms with Gasteiger partial charge in [-0.2, -0.15) is 0 Å². The second-order valence-electron chi connectivity index (χ2n) is 7.22. The second-order valence-corrected chi connectivity index (χ2v) is 8.13. The molecule has 2 aromatic carbocycles. The third-order valence-corrected chi connectivity index (χ3v) is 4.47. The molecule has 0 atom stereocenters. The number of carbonyl (C=O) groups excluding carboxylic acids is 1. The zero-order valence-electron chi connectivity index (χ0n) is 16.9. The minimum Gasteiger partial charge on any atom is -0.493 e. The Morgan fingerprint density at radius 1 is 1.03 bits per heavy atom. The van der Waals surface area contributed by atoms with Crippen molar-refractivity contribution in [2.24, 2.45) is 0 Å². The summed E-state index contributed by atoms with van der Waals surface area (Å²) < 4.78 is 17.3. The fraction of sp³-hybridized carbons (Fsp3) is 0.286. The van der Waals surface area contributed by atoms with Gasteiger partial charge in [-0.15, -0.1) is 0 Å². The van der Waals surface area contributed by atoms with Crippen LogP contribution in [0.15, 0.2) is 47.2 Å². The summed E-state index contributed by atoms with van der Waals surface area (Å²) in [5.74, 6) is 1.42. The van der Waals surface area contributed by atoms with Gasteiger partial charge < -0.3 is 14.2 Å². The zero-order valence-corrected chi connectivity index (χ0v) is 18.5. The molecule has 0 saturated heterocycles. The monoisotopic (exact) mass is 459 g/mol. The van der Waals surface area contributed by atoms with Gasteiger partial charge in [-0.3, -0.25) is 0 Å². The van der Waals surface area contributed by atoms with Crippen molar-refractivity contribution in [3.63, 3.8) is 0 Å². The van der Waals surface area contributed by atoms with Crippen LogP contribution in [-0.2, 0) is 4.74 Å². The summed E-state index contributed by atoms with van der Waals surface area (Å²) in [5.41, 5.74) is 0.532. The highest BCUT2D eigenvalue weighted by Gasteiger charge is 2.28. The van der Waals surface area contributed by atoms with Gasteiger partial charge in [0.2, 0.25) is 0 Å². The average molecular weight is 460 g/mol. The van der Waals surface area contributed by atoms with E-state index in [9.17, 15) is 4.79 Å². The number of halogens is 1. The molecule has 0 N–H and O–H groups in total. The lowest BCUT2D eigenvalue weighted by molar-refractivity contribution is 0.0598. The summed E-state index contributed by atoms with van der Waals surface area (Å²) in [7, 11) is 3.10. The summed E-state index contributed by atoms with van der Waals surface area (Å²) in [6.07, 6.45) is 0.851. The highest BCUT2D eigenvalue weighted by molar-refractivity contribution is 9.10. The van der Waals surface area contributed by atoms with Crippen LogP contribution in [-0.4, -0.2) is 35.9 Å². The van der Waals surface area contributed by atoms with E-state index < -0.39 is 11.7 Å². The van der Waals surface area contributed by atoms with Crippen LogP contribution in [0.2, 0.25) is 0 Å². The maximum absolute atomic E-state index is 13.2. The Hall–Kier alpha value is -2.87. The number of amides is 1. The van der Waals surface area contributed by atoms with E-state index in [-0.39, 0.29) is 0 Å². The van der Waals surface area contributed by atoms with E-state index >= 15 is 0 Å². The highest BCUT2D eigenvalue weighted by Crippen LogP contribution is 2.37. The van der Waals surface area contributed by atoms with Gasteiger partial charge in [-0.25, -0.2) is 19.7 Å². The van der Waals surface area contributed by atoms with Crippen LogP contribution in [0.4, 0.5) is 16.3 Å². The molecule has 0 aliphatic rings. The van der Waals surface area contributed by atoms with E-state index in [1.165, 1.54) is 11.2 Å². The molecule has 0 unspecified atom stereocenters. The molecule has 0 aliphatic carbocycles. The molecule has 0 radical (unpaired) electrons. The van der Waals surface area contributed by atoms with Gasteiger partial charge in [0.15, 0.2) is 17.3 Å². The van der Waals surface area contributed by atoms with Crippen molar-refractivity contribution in [1.82, 2.24) is 9.97 Å². The predicted molar refractivity (Wildman–Crippen MR) is 115 cm³/mol. The van der Waals surface area contributed by atoms with Gasteiger partial charge >= 0.3 is 6.09 Å². The third-order valence-electron chi connectivity index (χ3n) is 3.97. The SMILES string of the molecule is COc1cc2ncnc(N(C(=O)OC(C)(C)C)c3cccc(Br)c3)c2cc1OC. The van der Waals surface area contributed by atoms with Crippen molar-refractivity contribution < 1.29 is 19.0 Å². The molecule has 3 rings (SSSR count). The fourth-order valence-corrected chi connectivity index (χ4v) is 3.17. The quantitative estimate of drug-likeness (QED) is 0.513. The maximum atomic E-state index is 13.2. The average Bonchev–Trinajstić information content (AvgIpc) is 2.66. The summed E-state index contributed by atoms with van der Waals surface area (Å²) >= 11 is 3.46. The van der Waals surface area contributed by atoms with Gasteiger partial charge in [-0.1, -0.05) is 22.0 Å². The van der Waals surface area contributed by atoms with Crippen molar-refractivity contribution in [2.45, 2.75) is 26.4 Å². The lowest BCUT2D eigenvalue weighted by Crippen LogP contribution is -2.34. The van der Waals surface area contributed by atoms with Gasteiger partial charge in [0, 0.05) is 15.9 Å². The van der Waals surface area contributed by atoms with Crippen LogP contribution in [0.1, 0.15) is 20.8 Å². The number of ether oxygens (including phenoxy) is 3. The smallest absolute Gasteiger partial charge is 0.420 e. The van der Waals surface area contributed by atoms with Crippen molar-refractivity contribution in [1.29, 1.82) is 0 Å². The molecular formula is C21H22BrN3O4. The van der Waals surface area contributed by atoms with Crippen LogP contribution in [0.3, 0.4) is 0 Å². The second kappa shape index (κ2) is 8.24. The summed E-state index contributed by atoms with van der Waals surface area (Å²) in [6.45, 7) is 5.45. The van der Waals surface area contributed by atoms with Crippen molar-refractivity contribution in [2.75, 3.05) is 19.1 Å². The van der Waals surface area contributed by atoms with Crippen LogP contribution in [0.25, 0.3) is 10.9 Å². The van der Waals surface area contributed by atoms with E-state index in [0.29, 0.717) is 33.9 Å². The molecule has 1 aromatic heterocycles. The summed E-state index contributed by atoms with van der Waals surface area (Å²) in [6, 6.07) is 10.8. The zero-order chi connectivity index (χ0) is 21.2. The lowest BCUT2D eigenvalue weighted by atomic mass is 10.2. The number of methoxy groups -OCH3 is 2. The minimum atomic E-state index is -0.676. The summed E-state index contributed by atoms with van der Waals surface area (Å²) in [5, 5.41) is 0.621. The number of hydrogen-bond donors (Lipinski definition) is 0. The number of fused-ring (bicyclic) bond motifs is 1. The molecule has 29 heavy (non-hydrogen) atoms. The van der Waals surface area contributed by atoms with Gasteiger partial charge in [0.05, 0.1) is 25.4 Å². The van der Waals surface area contributed by atoms with E-state index in [0.717, 1.165) is 4.47 Å². The van der Waals surface area contributed by atoms with Crippen LogP contribution >= 0.6 is 15.9 Å². The Morgan fingerprint density at radius 3 is 2.34 bits per heavy atom. The molecule has 3 aromatic rings. The minimum absolute atomic E-state index is 0.378. The van der Waals surface area contributed by atoms with Gasteiger partial charge in [0.25, 0.3) is 0 Å². The van der Waals surface area contributed by atoms with E-state index in [2.05, 4.69) is 25.9 Å². The normalized spacial score (nSPS) is 11.2. The van der Waals surface area contributed by atoms with Crippen molar-refractivity contribution >= 4 is 44.4 Å². The largest absolute Gasteiger partial charge is 0.493 e. The van der Waals surface area contributed by atoms with E-state index in [1.807, 2.05) is 45.0 Å². The van der Waals surface area contributed by atoms with Crippen LogP contribution in [0, 0.1) is 0 Å². The Kier molecular flexibility index (Phi) is 5.93. The third kappa shape index (κ3) is 4.59. The van der Waals surface area contributed by atoms with Crippen molar-refractivity contribution in [3.8, 4) is 11.5 Å². The molecule has 0 saturated carbocycles. The Labute approximate surface area is 177 Å². The molecule has 7 nitrogen and oxygen atoms in total. The molecule has 0 spiro atoms. The van der Waals surface area contributed by atoms with E-state index in [1.54, 1.807) is 26.4 Å². The molecule has 0 fully saturated rings. The number of anilines is 2. The first-order valence-corrected chi connectivity index (χ1v) is 9.68. The first-order valence-electron chi connectivity index (χ1n) is 8.89. The number of benzene rings is 2. The molecule has 8 heteroatoms. The topological polar surface area (TPSA) is 73.8 Å². The molecular weight excluding hydrogens is 438 g/mol. The van der Waals surface area contributed by atoms with Crippen LogP contribution in [0.5, 0.6) is 11.5 Å². The molecule has 1 amide bonds. The lowest BCUT2D eigenvalue weighted by Gasteiger charge is -2.27. The van der Waals surface area contributed by atoms with Crippen molar-refractivity contribution in [3.05, 3.63) is 47.2 Å². The Morgan fingerprint density at radius 2 is 1.72 bits per heavy atom. The molecule has 152 valence electrons. The Bertz CT molecular complexity index is 1050. The number of hydrogen-bond acceptors (Lipinski definition) is 6. The van der Waals surface area contributed by atoms with Gasteiger partial charge in [-0.05, 0) is 45.0 Å². The standard InChI is InChI=1S/C21H22BrN3O4/c1-21(2,3)29-20(26)25(14-8-6-7-13(22)9-14)19-15-10-17(27-4)18(28-5)11-16(15)23-12-24-19/h6-12H,1-5H3. The first kappa shape index (κ1) is 20.9. The molecule has 1 heterocycles. The summed E-state index contributed by atoms with van der Waals surface area (Å²) in [4.78, 5) is 23.3. The number of aromatic nitrogens is 2.